The van der Waals surface area contributed by atoms with Crippen LogP contribution in [0, 0.1) is 0 Å². The van der Waals surface area contributed by atoms with Crippen LogP contribution in [0.3, 0.4) is 0 Å². The number of aryl methyl sites for hydroxylation is 1. The van der Waals surface area contributed by atoms with E-state index in [4.69, 9.17) is 0 Å². The molecule has 2 aromatic heterocycles. The van der Waals surface area contributed by atoms with Crippen molar-refractivity contribution in [1.82, 2.24) is 19.7 Å². The Bertz CT molecular complexity index is 710. The first-order chi connectivity index (χ1) is 9.79. The third-order valence-electron chi connectivity index (χ3n) is 3.22. The van der Waals surface area contributed by atoms with E-state index in [0.717, 1.165) is 16.6 Å². The number of aliphatic hydroxyl groups is 1. The SMILES string of the molecule is Cn1ncc2c(NC(CO)c3ccccc3)ncnc21. The van der Waals surface area contributed by atoms with E-state index in [-0.39, 0.29) is 12.6 Å². The first kappa shape index (κ1) is 12.6. The number of anilines is 1. The van der Waals surface area contributed by atoms with Gasteiger partial charge in [-0.05, 0) is 5.56 Å². The van der Waals surface area contributed by atoms with Gasteiger partial charge in [0.1, 0.15) is 12.1 Å². The average Bonchev–Trinajstić information content (AvgIpc) is 2.88. The van der Waals surface area contributed by atoms with Crippen molar-refractivity contribution >= 4 is 16.9 Å². The molecule has 0 amide bonds. The van der Waals surface area contributed by atoms with Gasteiger partial charge in [0.15, 0.2) is 5.65 Å². The van der Waals surface area contributed by atoms with Crippen LogP contribution in [0.4, 0.5) is 5.82 Å². The first-order valence-electron chi connectivity index (χ1n) is 6.34. The maximum atomic E-state index is 9.59. The second-order valence-electron chi connectivity index (χ2n) is 4.52. The lowest BCUT2D eigenvalue weighted by molar-refractivity contribution is 0.276. The van der Waals surface area contributed by atoms with E-state index in [9.17, 15) is 5.11 Å². The third-order valence-corrected chi connectivity index (χ3v) is 3.22. The summed E-state index contributed by atoms with van der Waals surface area (Å²) in [5, 5.41) is 17.8. The Labute approximate surface area is 116 Å². The number of benzene rings is 1. The number of rotatable bonds is 4. The Balaban J connectivity index is 1.96. The van der Waals surface area contributed by atoms with Crippen LogP contribution in [-0.2, 0) is 7.05 Å². The van der Waals surface area contributed by atoms with Crippen LogP contribution in [0.15, 0.2) is 42.9 Å². The molecule has 0 spiro atoms. The lowest BCUT2D eigenvalue weighted by Crippen LogP contribution is -2.15. The first-order valence-corrected chi connectivity index (χ1v) is 6.34. The zero-order chi connectivity index (χ0) is 13.9. The van der Waals surface area contributed by atoms with Gasteiger partial charge in [0.25, 0.3) is 0 Å². The number of nitrogens with one attached hydrogen (secondary N) is 1. The molecule has 0 aliphatic carbocycles. The van der Waals surface area contributed by atoms with Crippen LogP contribution in [0.2, 0.25) is 0 Å². The van der Waals surface area contributed by atoms with E-state index >= 15 is 0 Å². The summed E-state index contributed by atoms with van der Waals surface area (Å²) in [6.45, 7) is -0.0181. The van der Waals surface area contributed by atoms with E-state index in [1.54, 1.807) is 10.9 Å². The summed E-state index contributed by atoms with van der Waals surface area (Å²) in [5.41, 5.74) is 1.76. The second-order valence-corrected chi connectivity index (χ2v) is 4.52. The molecule has 0 fully saturated rings. The Hall–Kier alpha value is -2.47. The molecule has 0 aliphatic heterocycles. The molecule has 0 saturated heterocycles. The molecule has 6 heteroatoms. The van der Waals surface area contributed by atoms with E-state index in [1.807, 2.05) is 37.4 Å². The molecular weight excluding hydrogens is 254 g/mol. The highest BCUT2D eigenvalue weighted by Gasteiger charge is 2.14. The summed E-state index contributed by atoms with van der Waals surface area (Å²) >= 11 is 0. The smallest absolute Gasteiger partial charge is 0.163 e. The predicted octanol–water partition coefficient (Wildman–Crippen LogP) is 1.51. The Morgan fingerprint density at radius 2 is 2.05 bits per heavy atom. The van der Waals surface area contributed by atoms with Gasteiger partial charge in [0.05, 0.1) is 24.2 Å². The van der Waals surface area contributed by atoms with Crippen molar-refractivity contribution in [1.29, 1.82) is 0 Å². The van der Waals surface area contributed by atoms with Crippen LogP contribution in [0.1, 0.15) is 11.6 Å². The Morgan fingerprint density at radius 3 is 2.80 bits per heavy atom. The molecule has 3 rings (SSSR count). The standard InChI is InChI=1S/C14H15N5O/c1-19-14-11(7-17-19)13(15-9-16-14)18-12(8-20)10-5-3-2-4-6-10/h2-7,9,12,20H,8H2,1H3,(H,15,16,18). The highest BCUT2D eigenvalue weighted by molar-refractivity contribution is 5.86. The second kappa shape index (κ2) is 5.26. The van der Waals surface area contributed by atoms with Crippen molar-refractivity contribution in [3.05, 3.63) is 48.4 Å². The number of aliphatic hydroxyl groups excluding tert-OH is 1. The molecule has 20 heavy (non-hydrogen) atoms. The quantitative estimate of drug-likeness (QED) is 0.751. The summed E-state index contributed by atoms with van der Waals surface area (Å²) in [5.74, 6) is 0.672. The van der Waals surface area contributed by atoms with Gasteiger partial charge in [0, 0.05) is 7.05 Å². The van der Waals surface area contributed by atoms with Gasteiger partial charge in [-0.25, -0.2) is 9.97 Å². The summed E-state index contributed by atoms with van der Waals surface area (Å²) in [6, 6.07) is 9.56. The molecule has 3 aromatic rings. The van der Waals surface area contributed by atoms with E-state index < -0.39 is 0 Å². The molecule has 1 atom stereocenters. The molecule has 0 saturated carbocycles. The van der Waals surface area contributed by atoms with Crippen LogP contribution < -0.4 is 5.32 Å². The van der Waals surface area contributed by atoms with Gasteiger partial charge in [-0.15, -0.1) is 0 Å². The fourth-order valence-corrected chi connectivity index (χ4v) is 2.16. The fraction of sp³-hybridized carbons (Fsp3) is 0.214. The summed E-state index contributed by atoms with van der Waals surface area (Å²) in [4.78, 5) is 8.44. The molecule has 6 nitrogen and oxygen atoms in total. The number of fused-ring (bicyclic) bond motifs is 1. The van der Waals surface area contributed by atoms with E-state index in [1.165, 1.54) is 6.33 Å². The largest absolute Gasteiger partial charge is 0.394 e. The predicted molar refractivity (Wildman–Crippen MR) is 76.2 cm³/mol. The highest BCUT2D eigenvalue weighted by atomic mass is 16.3. The van der Waals surface area contributed by atoms with Crippen molar-refractivity contribution in [3.63, 3.8) is 0 Å². The zero-order valence-electron chi connectivity index (χ0n) is 11.1. The Kier molecular flexibility index (Phi) is 3.30. The van der Waals surface area contributed by atoms with Gasteiger partial charge in [-0.2, -0.15) is 5.10 Å². The summed E-state index contributed by atoms with van der Waals surface area (Å²) < 4.78 is 1.69. The molecular formula is C14H15N5O. The van der Waals surface area contributed by atoms with Gasteiger partial charge in [0.2, 0.25) is 0 Å². The van der Waals surface area contributed by atoms with Crippen molar-refractivity contribution in [2.24, 2.45) is 7.05 Å². The number of hydrogen-bond donors (Lipinski definition) is 2. The van der Waals surface area contributed by atoms with Crippen LogP contribution in [-0.4, -0.2) is 31.5 Å². The van der Waals surface area contributed by atoms with Crippen LogP contribution in [0.5, 0.6) is 0 Å². The number of aromatic nitrogens is 4. The third kappa shape index (κ3) is 2.21. The van der Waals surface area contributed by atoms with E-state index in [2.05, 4.69) is 20.4 Å². The fourth-order valence-electron chi connectivity index (χ4n) is 2.16. The lowest BCUT2D eigenvalue weighted by Gasteiger charge is -2.17. The van der Waals surface area contributed by atoms with Crippen LogP contribution >= 0.6 is 0 Å². The van der Waals surface area contributed by atoms with Crippen molar-refractivity contribution in [2.75, 3.05) is 11.9 Å². The molecule has 102 valence electrons. The number of nitrogens with zero attached hydrogens (tertiary/aromatic N) is 4. The van der Waals surface area contributed by atoms with Crippen LogP contribution in [0.25, 0.3) is 11.0 Å². The lowest BCUT2D eigenvalue weighted by atomic mass is 10.1. The number of hydrogen-bond acceptors (Lipinski definition) is 5. The molecule has 2 heterocycles. The Morgan fingerprint density at radius 1 is 1.25 bits per heavy atom. The van der Waals surface area contributed by atoms with Crippen molar-refractivity contribution < 1.29 is 5.11 Å². The van der Waals surface area contributed by atoms with Gasteiger partial charge >= 0.3 is 0 Å². The molecule has 0 aliphatic rings. The van der Waals surface area contributed by atoms with Gasteiger partial charge < -0.3 is 10.4 Å². The molecule has 2 N–H and O–H groups in total. The maximum Gasteiger partial charge on any atom is 0.163 e. The minimum Gasteiger partial charge on any atom is -0.394 e. The summed E-state index contributed by atoms with van der Waals surface area (Å²) in [7, 11) is 1.83. The zero-order valence-corrected chi connectivity index (χ0v) is 11.1. The highest BCUT2D eigenvalue weighted by Crippen LogP contribution is 2.23. The minimum atomic E-state index is -0.213. The average molecular weight is 269 g/mol. The maximum absolute atomic E-state index is 9.59. The summed E-state index contributed by atoms with van der Waals surface area (Å²) in [6.07, 6.45) is 3.21. The normalized spacial score (nSPS) is 12.5. The topological polar surface area (TPSA) is 75.9 Å². The molecule has 0 bridgehead atoms. The van der Waals surface area contributed by atoms with Crippen molar-refractivity contribution in [3.8, 4) is 0 Å². The monoisotopic (exact) mass is 269 g/mol. The molecule has 1 unspecified atom stereocenters. The molecule has 0 radical (unpaired) electrons. The van der Waals surface area contributed by atoms with Crippen molar-refractivity contribution in [2.45, 2.75) is 6.04 Å². The van der Waals surface area contributed by atoms with Gasteiger partial charge in [-0.3, -0.25) is 4.68 Å². The minimum absolute atomic E-state index is 0.0181. The van der Waals surface area contributed by atoms with E-state index in [0.29, 0.717) is 5.82 Å². The van der Waals surface area contributed by atoms with Gasteiger partial charge in [-0.1, -0.05) is 30.3 Å². The molecule has 1 aromatic carbocycles.